The van der Waals surface area contributed by atoms with E-state index in [0.29, 0.717) is 0 Å². The van der Waals surface area contributed by atoms with Gasteiger partial charge in [0.2, 0.25) is 0 Å². The van der Waals surface area contributed by atoms with Crippen molar-refractivity contribution in [2.24, 2.45) is 0 Å². The van der Waals surface area contributed by atoms with Crippen molar-refractivity contribution in [1.29, 1.82) is 94.7 Å². The summed E-state index contributed by atoms with van der Waals surface area (Å²) >= 11 is 0. The molecule has 25 heteroatoms. The van der Waals surface area contributed by atoms with Crippen LogP contribution in [0.2, 0.25) is 0 Å². The molecule has 0 spiro atoms. The molecule has 0 rings (SSSR count). The van der Waals surface area contributed by atoms with Gasteiger partial charge in [0.25, 0.3) is 0 Å². The molecule has 0 aliphatic carbocycles. The third-order valence-corrected chi connectivity index (χ3v) is 0. The summed E-state index contributed by atoms with van der Waals surface area (Å²) in [6.07, 6.45) is 0. The molecule has 0 aromatic carbocycles. The average molecular weight is 744 g/mol. The fourth-order valence-electron chi connectivity index (χ4n) is 0. The van der Waals surface area contributed by atoms with Crippen LogP contribution < -0.4 is 0 Å². The number of nitrogens with zero attached hydrogens (tertiary/aromatic N) is 18. The molecule has 0 atom stereocenters. The van der Waals surface area contributed by atoms with Gasteiger partial charge < -0.3 is 213 Å². The topological polar surface area (TPSA) is 428 Å². The van der Waals surface area contributed by atoms with Crippen molar-refractivity contribution in [2.75, 3.05) is 0 Å². The van der Waals surface area contributed by atoms with E-state index >= 15 is 0 Å². The molecule has 0 heterocycles. The van der Waals surface area contributed by atoms with Crippen LogP contribution in [-0.4, -0.2) is 69.4 Å². The van der Waals surface area contributed by atoms with Gasteiger partial charge in [-0.15, -0.1) is 0 Å². The molecular formula is C18Al4Fe3N18. The molecule has 0 aromatic heterocycles. The largest absolute Gasteiger partial charge is 3.00 e. The Bertz CT molecular complexity index is 381. The van der Waals surface area contributed by atoms with Crippen molar-refractivity contribution in [1.82, 2.24) is 0 Å². The molecule has 0 bridgehead atoms. The first kappa shape index (κ1) is 320. The summed E-state index contributed by atoms with van der Waals surface area (Å²) in [7, 11) is 0. The zero-order valence-corrected chi connectivity index (χ0v) is 28.4. The monoisotopic (exact) mass is 744 g/mol. The molecule has 0 aromatic rings. The molecule has 0 saturated carbocycles. The fourth-order valence-corrected chi connectivity index (χ4v) is 0. The number of rotatable bonds is 0. The maximum absolute atomic E-state index is 6.25. The molecule has 0 saturated heterocycles. The smallest absolute Gasteiger partial charge is 0.512 e. The summed E-state index contributed by atoms with van der Waals surface area (Å²) < 4.78 is 0. The molecular weight excluding hydrogens is 744 g/mol. The first-order valence-electron chi connectivity index (χ1n) is 4.02. The van der Waals surface area contributed by atoms with Gasteiger partial charge in [-0.3, -0.25) is 0 Å². The first-order chi connectivity index (χ1) is 18.0. The van der Waals surface area contributed by atoms with Gasteiger partial charge in [-0.05, 0) is 0 Å². The molecule has 0 N–H and O–H groups in total. The van der Waals surface area contributed by atoms with E-state index in [9.17, 15) is 0 Å². The SMILES string of the molecule is [Al+3].[Al+3].[Al+3].[Al+3].[C-]#N.[C-]#N.[C-]#N.[C-]#N.[C-]#N.[C-]#N.[C-]#N.[C-]#N.[C-]#N.[C-]#N.[C-]#N.[C-]#N.[C-]#N.[C-]#N.[C-]#N.[C-]#N.[C-]#N.[C-]#N.[Fe+2].[Fe+2].[Fe+2]. The minimum Gasteiger partial charge on any atom is -0.512 e. The van der Waals surface area contributed by atoms with Crippen molar-refractivity contribution in [3.05, 3.63) is 118 Å². The van der Waals surface area contributed by atoms with Crippen LogP contribution >= 0.6 is 0 Å². The molecule has 18 nitrogen and oxygen atoms in total. The van der Waals surface area contributed by atoms with Crippen molar-refractivity contribution < 1.29 is 51.2 Å². The quantitative estimate of drug-likeness (QED) is 0.236. The van der Waals surface area contributed by atoms with E-state index in [1.807, 2.05) is 0 Å². The molecule has 43 heavy (non-hydrogen) atoms. The van der Waals surface area contributed by atoms with E-state index in [0.717, 1.165) is 0 Å². The summed E-state index contributed by atoms with van der Waals surface area (Å²) in [5.74, 6) is 0. The van der Waals surface area contributed by atoms with E-state index in [2.05, 4.69) is 0 Å². The minimum atomic E-state index is 0. The Hall–Kier alpha value is -5.49. The molecule has 0 unspecified atom stereocenters. The maximum atomic E-state index is 6.25. The van der Waals surface area contributed by atoms with Gasteiger partial charge in [-0.25, -0.2) is 0 Å². The van der Waals surface area contributed by atoms with Crippen molar-refractivity contribution >= 4 is 69.4 Å². The molecule has 198 valence electrons. The second kappa shape index (κ2) is 1530. The van der Waals surface area contributed by atoms with Crippen LogP contribution in [0.4, 0.5) is 0 Å². The Balaban J connectivity index is -0.00000000344. The van der Waals surface area contributed by atoms with Crippen LogP contribution in [0.15, 0.2) is 0 Å². The Morgan fingerprint density at radius 1 is 0.116 bits per heavy atom. The predicted octanol–water partition coefficient (Wildman–Crippen LogP) is 0.204. The van der Waals surface area contributed by atoms with Crippen LogP contribution in [0.5, 0.6) is 0 Å². The Kier molecular flexibility index (Phi) is 11300. The molecule has 0 aliphatic heterocycles. The fraction of sp³-hybridized carbons (Fsp3) is 0. The third-order valence-electron chi connectivity index (χ3n) is 0. The van der Waals surface area contributed by atoms with Crippen LogP contribution in [0.1, 0.15) is 0 Å². The summed E-state index contributed by atoms with van der Waals surface area (Å²) in [4.78, 5) is 0. The summed E-state index contributed by atoms with van der Waals surface area (Å²) in [6, 6.07) is 0. The van der Waals surface area contributed by atoms with Gasteiger partial charge in [0, 0.05) is 0 Å². The van der Waals surface area contributed by atoms with E-state index in [1.54, 1.807) is 0 Å². The second-order valence-electron chi connectivity index (χ2n) is 0. The first-order valence-corrected chi connectivity index (χ1v) is 4.02. The molecule has 0 radical (unpaired) electrons. The van der Waals surface area contributed by atoms with Crippen LogP contribution in [0, 0.1) is 213 Å². The third kappa shape index (κ3) is 1440. The van der Waals surface area contributed by atoms with Crippen molar-refractivity contribution in [3.8, 4) is 0 Å². The van der Waals surface area contributed by atoms with E-state index < -0.39 is 0 Å². The Morgan fingerprint density at radius 3 is 0.116 bits per heavy atom. The van der Waals surface area contributed by atoms with Crippen LogP contribution in [0.3, 0.4) is 0 Å². The molecule has 0 aliphatic rings. The zero-order valence-electron chi connectivity index (χ0n) is 20.4. The van der Waals surface area contributed by atoms with Gasteiger partial charge >= 0.3 is 121 Å². The minimum absolute atomic E-state index is 0. The predicted molar refractivity (Wildman–Crippen MR) is 112 cm³/mol. The van der Waals surface area contributed by atoms with Gasteiger partial charge in [0.1, 0.15) is 0 Å². The zero-order chi connectivity index (χ0) is 36.0. The van der Waals surface area contributed by atoms with Crippen LogP contribution in [0.25, 0.3) is 0 Å². The standard InChI is InChI=1S/18CN.4Al.3Fe/c18*1-2;;;;;;;/q18*-1;4*+3;3*+2. The van der Waals surface area contributed by atoms with E-state index in [1.165, 1.54) is 0 Å². The second-order valence-corrected chi connectivity index (χ2v) is 0. The Morgan fingerprint density at radius 2 is 0.116 bits per heavy atom. The van der Waals surface area contributed by atoms with Gasteiger partial charge in [0.05, 0.1) is 0 Å². The Labute approximate surface area is 330 Å². The van der Waals surface area contributed by atoms with E-state index in [-0.39, 0.29) is 121 Å². The van der Waals surface area contributed by atoms with Gasteiger partial charge in [-0.1, -0.05) is 0 Å². The summed E-state index contributed by atoms with van der Waals surface area (Å²) in [6.45, 7) is 85.5. The molecule has 0 amide bonds. The van der Waals surface area contributed by atoms with Gasteiger partial charge in [0.15, 0.2) is 0 Å². The molecule has 0 fully saturated rings. The van der Waals surface area contributed by atoms with Crippen molar-refractivity contribution in [2.45, 2.75) is 0 Å². The number of hydrogen-bond donors (Lipinski definition) is 0. The van der Waals surface area contributed by atoms with E-state index in [4.69, 9.17) is 213 Å². The normalized spacial score (nSPS) is 0.837. The number of hydrogen-bond acceptors (Lipinski definition) is 18. The van der Waals surface area contributed by atoms with Crippen LogP contribution in [-0.2, 0) is 51.2 Å². The average Bonchev–Trinajstić information content (AvgIpc) is 3.13. The van der Waals surface area contributed by atoms with Gasteiger partial charge in [-0.2, -0.15) is 0 Å². The van der Waals surface area contributed by atoms with Crippen molar-refractivity contribution in [3.63, 3.8) is 0 Å². The summed E-state index contributed by atoms with van der Waals surface area (Å²) in [5, 5.41) is 112. The maximum Gasteiger partial charge on any atom is 3.00 e. The summed E-state index contributed by atoms with van der Waals surface area (Å²) in [5.41, 5.74) is 0.